The topological polar surface area (TPSA) is 69.2 Å². The largest absolute Gasteiger partial charge is 0.493 e. The molecule has 0 aliphatic carbocycles. The third-order valence-electron chi connectivity index (χ3n) is 5.31. The lowest BCUT2D eigenvalue weighted by atomic mass is 10.1. The van der Waals surface area contributed by atoms with Crippen molar-refractivity contribution in [1.82, 2.24) is 20.4 Å². The quantitative estimate of drug-likeness (QED) is 0.537. The first kappa shape index (κ1) is 20.5. The SMILES string of the molecule is CCNC(=NCCN1CCN(C(C)=O)CC1)NCCc1ccc2c(c1)CCO2. The van der Waals surface area contributed by atoms with E-state index in [1.807, 2.05) is 4.90 Å². The molecule has 7 heteroatoms. The zero-order valence-electron chi connectivity index (χ0n) is 17.2. The smallest absolute Gasteiger partial charge is 0.219 e. The summed E-state index contributed by atoms with van der Waals surface area (Å²) in [5, 5.41) is 6.75. The van der Waals surface area contributed by atoms with E-state index in [0.29, 0.717) is 0 Å². The van der Waals surface area contributed by atoms with E-state index in [0.717, 1.165) is 83.5 Å². The van der Waals surface area contributed by atoms with E-state index in [-0.39, 0.29) is 5.91 Å². The molecule has 1 amide bonds. The van der Waals surface area contributed by atoms with E-state index in [1.165, 1.54) is 11.1 Å². The standard InChI is InChI=1S/C21H33N5O2/c1-3-22-21(24-9-10-25-11-13-26(14-12-25)17(2)27)23-8-6-18-4-5-20-19(16-18)7-15-28-20/h4-5,16H,3,6-15H2,1-2H3,(H2,22,23,24). The molecule has 2 N–H and O–H groups in total. The summed E-state index contributed by atoms with van der Waals surface area (Å²) in [5.41, 5.74) is 2.65. The van der Waals surface area contributed by atoms with Gasteiger partial charge in [-0.05, 0) is 30.5 Å². The molecule has 3 rings (SSSR count). The van der Waals surface area contributed by atoms with E-state index < -0.39 is 0 Å². The van der Waals surface area contributed by atoms with Crippen LogP contribution in [0, 0.1) is 0 Å². The summed E-state index contributed by atoms with van der Waals surface area (Å²) in [6, 6.07) is 6.49. The number of benzene rings is 1. The highest BCUT2D eigenvalue weighted by Gasteiger charge is 2.17. The molecule has 0 aromatic heterocycles. The van der Waals surface area contributed by atoms with Crippen LogP contribution in [0.25, 0.3) is 0 Å². The summed E-state index contributed by atoms with van der Waals surface area (Å²) in [6.07, 6.45) is 1.98. The summed E-state index contributed by atoms with van der Waals surface area (Å²) in [5.74, 6) is 2.08. The number of piperazine rings is 1. The highest BCUT2D eigenvalue weighted by molar-refractivity contribution is 5.79. The predicted molar refractivity (Wildman–Crippen MR) is 112 cm³/mol. The Morgan fingerprint density at radius 1 is 1.21 bits per heavy atom. The van der Waals surface area contributed by atoms with Crippen molar-refractivity contribution in [3.8, 4) is 5.75 Å². The van der Waals surface area contributed by atoms with Crippen LogP contribution in [-0.2, 0) is 17.6 Å². The number of amides is 1. The first-order valence-electron chi connectivity index (χ1n) is 10.4. The second-order valence-electron chi connectivity index (χ2n) is 7.33. The molecule has 0 atom stereocenters. The molecule has 0 unspecified atom stereocenters. The van der Waals surface area contributed by atoms with E-state index in [2.05, 4.69) is 40.7 Å². The maximum atomic E-state index is 11.4. The Morgan fingerprint density at radius 2 is 2.04 bits per heavy atom. The van der Waals surface area contributed by atoms with Crippen molar-refractivity contribution in [3.05, 3.63) is 29.3 Å². The lowest BCUT2D eigenvalue weighted by molar-refractivity contribution is -0.130. The lowest BCUT2D eigenvalue weighted by Crippen LogP contribution is -2.48. The summed E-state index contributed by atoms with van der Waals surface area (Å²) in [6.45, 7) is 11.4. The number of nitrogens with zero attached hydrogens (tertiary/aromatic N) is 3. The summed E-state index contributed by atoms with van der Waals surface area (Å²) < 4.78 is 5.57. The zero-order chi connectivity index (χ0) is 19.8. The number of carbonyl (C=O) groups is 1. The first-order valence-corrected chi connectivity index (χ1v) is 10.4. The number of carbonyl (C=O) groups excluding carboxylic acids is 1. The maximum Gasteiger partial charge on any atom is 0.219 e. The number of fused-ring (bicyclic) bond motifs is 1. The molecule has 1 fully saturated rings. The molecular formula is C21H33N5O2. The van der Waals surface area contributed by atoms with Crippen molar-refractivity contribution in [2.45, 2.75) is 26.7 Å². The fourth-order valence-corrected chi connectivity index (χ4v) is 3.65. The van der Waals surface area contributed by atoms with Crippen molar-refractivity contribution < 1.29 is 9.53 Å². The molecule has 0 bridgehead atoms. The number of aliphatic imine (C=N–C) groups is 1. The van der Waals surface area contributed by atoms with Gasteiger partial charge in [0.15, 0.2) is 5.96 Å². The Bertz CT molecular complexity index is 683. The van der Waals surface area contributed by atoms with Gasteiger partial charge in [0, 0.05) is 59.2 Å². The van der Waals surface area contributed by atoms with E-state index in [1.54, 1.807) is 6.92 Å². The van der Waals surface area contributed by atoms with Gasteiger partial charge in [-0.15, -0.1) is 0 Å². The molecule has 28 heavy (non-hydrogen) atoms. The zero-order valence-corrected chi connectivity index (χ0v) is 17.2. The highest BCUT2D eigenvalue weighted by Crippen LogP contribution is 2.25. The van der Waals surface area contributed by atoms with Crippen LogP contribution in [0.4, 0.5) is 0 Å². The molecule has 2 aliphatic rings. The van der Waals surface area contributed by atoms with Crippen LogP contribution in [0.5, 0.6) is 5.75 Å². The van der Waals surface area contributed by atoms with Gasteiger partial charge in [-0.1, -0.05) is 12.1 Å². The van der Waals surface area contributed by atoms with Crippen molar-refractivity contribution in [3.63, 3.8) is 0 Å². The van der Waals surface area contributed by atoms with E-state index in [9.17, 15) is 4.79 Å². The lowest BCUT2D eigenvalue weighted by Gasteiger charge is -2.33. The molecule has 1 aromatic carbocycles. The van der Waals surface area contributed by atoms with Gasteiger partial charge in [0.25, 0.3) is 0 Å². The molecule has 0 spiro atoms. The van der Waals surface area contributed by atoms with Crippen LogP contribution in [-0.4, -0.2) is 80.6 Å². The highest BCUT2D eigenvalue weighted by atomic mass is 16.5. The first-order chi connectivity index (χ1) is 13.7. The van der Waals surface area contributed by atoms with Crippen molar-refractivity contribution in [2.24, 2.45) is 4.99 Å². The van der Waals surface area contributed by atoms with Crippen LogP contribution in [0.3, 0.4) is 0 Å². The van der Waals surface area contributed by atoms with Crippen molar-refractivity contribution in [2.75, 3.05) is 59.0 Å². The Kier molecular flexibility index (Phi) is 7.54. The molecule has 2 heterocycles. The van der Waals surface area contributed by atoms with Gasteiger partial charge in [0.05, 0.1) is 13.2 Å². The number of nitrogens with one attached hydrogen (secondary N) is 2. The number of rotatable bonds is 7. The fraction of sp³-hybridized carbons (Fsp3) is 0.619. The Balaban J connectivity index is 1.40. The van der Waals surface area contributed by atoms with Crippen LogP contribution in [0.15, 0.2) is 23.2 Å². The molecule has 154 valence electrons. The van der Waals surface area contributed by atoms with Gasteiger partial charge >= 0.3 is 0 Å². The average Bonchev–Trinajstić information content (AvgIpc) is 3.16. The monoisotopic (exact) mass is 387 g/mol. The Morgan fingerprint density at radius 3 is 2.79 bits per heavy atom. The van der Waals surface area contributed by atoms with Crippen LogP contribution >= 0.6 is 0 Å². The van der Waals surface area contributed by atoms with Gasteiger partial charge < -0.3 is 20.3 Å². The molecule has 2 aliphatic heterocycles. The maximum absolute atomic E-state index is 11.4. The van der Waals surface area contributed by atoms with Crippen molar-refractivity contribution in [1.29, 1.82) is 0 Å². The minimum Gasteiger partial charge on any atom is -0.493 e. The third kappa shape index (κ3) is 5.86. The van der Waals surface area contributed by atoms with Gasteiger partial charge in [-0.3, -0.25) is 14.7 Å². The number of hydrogen-bond donors (Lipinski definition) is 2. The van der Waals surface area contributed by atoms with Crippen LogP contribution in [0.1, 0.15) is 25.0 Å². The average molecular weight is 388 g/mol. The Hall–Kier alpha value is -2.28. The number of hydrogen-bond acceptors (Lipinski definition) is 4. The van der Waals surface area contributed by atoms with E-state index >= 15 is 0 Å². The van der Waals surface area contributed by atoms with Crippen molar-refractivity contribution >= 4 is 11.9 Å². The fourth-order valence-electron chi connectivity index (χ4n) is 3.65. The van der Waals surface area contributed by atoms with E-state index in [4.69, 9.17) is 9.73 Å². The molecule has 1 aromatic rings. The van der Waals surface area contributed by atoms with Gasteiger partial charge in [-0.2, -0.15) is 0 Å². The van der Waals surface area contributed by atoms with Crippen LogP contribution in [0.2, 0.25) is 0 Å². The second-order valence-corrected chi connectivity index (χ2v) is 7.33. The molecule has 0 saturated carbocycles. The third-order valence-corrected chi connectivity index (χ3v) is 5.31. The number of ether oxygens (including phenoxy) is 1. The Labute approximate surface area is 168 Å². The molecule has 7 nitrogen and oxygen atoms in total. The van der Waals surface area contributed by atoms with Gasteiger partial charge in [0.2, 0.25) is 5.91 Å². The molecule has 1 saturated heterocycles. The minimum absolute atomic E-state index is 0.173. The molecular weight excluding hydrogens is 354 g/mol. The summed E-state index contributed by atoms with van der Waals surface area (Å²) >= 11 is 0. The molecule has 0 radical (unpaired) electrons. The normalized spacial score (nSPS) is 17.2. The number of guanidine groups is 1. The summed E-state index contributed by atoms with van der Waals surface area (Å²) in [7, 11) is 0. The summed E-state index contributed by atoms with van der Waals surface area (Å²) in [4.78, 5) is 20.4. The van der Waals surface area contributed by atoms with Gasteiger partial charge in [-0.25, -0.2) is 0 Å². The minimum atomic E-state index is 0.173. The second kappa shape index (κ2) is 10.3. The predicted octanol–water partition coefficient (Wildman–Crippen LogP) is 0.883. The van der Waals surface area contributed by atoms with Gasteiger partial charge in [0.1, 0.15) is 5.75 Å². The van der Waals surface area contributed by atoms with Crippen LogP contribution < -0.4 is 15.4 Å².